The number of nitriles is 2. The van der Waals surface area contributed by atoms with E-state index in [0.717, 1.165) is 0 Å². The number of aromatic nitrogens is 3. The van der Waals surface area contributed by atoms with E-state index < -0.39 is 6.67 Å². The molecule has 0 amide bonds. The van der Waals surface area contributed by atoms with E-state index in [0.29, 0.717) is 47.1 Å². The Bertz CT molecular complexity index is 1050. The number of ether oxygens (including phenoxy) is 1. The van der Waals surface area contributed by atoms with Crippen molar-refractivity contribution in [2.45, 2.75) is 6.67 Å². The first-order valence-electron chi connectivity index (χ1n) is 8.07. The lowest BCUT2D eigenvalue weighted by atomic mass is 10.1. The summed E-state index contributed by atoms with van der Waals surface area (Å²) < 4.78 is 19.5. The van der Waals surface area contributed by atoms with Crippen molar-refractivity contribution in [3.05, 3.63) is 47.3 Å². The summed E-state index contributed by atoms with van der Waals surface area (Å²) in [5.41, 5.74) is 2.69. The number of nitrogens with one attached hydrogen (secondary N) is 2. The number of imidazole rings is 1. The highest BCUT2D eigenvalue weighted by molar-refractivity contribution is 5.73. The minimum Gasteiger partial charge on any atom is -0.383 e. The number of fused-ring (bicyclic) bond motifs is 1. The second-order valence-corrected chi connectivity index (χ2v) is 5.64. The summed E-state index contributed by atoms with van der Waals surface area (Å²) in [6.45, 7) is 0.355. The Balaban J connectivity index is 2.01. The SMILES string of the molecule is COCCNc1cc(Nc2cc(C#N)cc(CF)c2)nn2c(C#N)cnc12. The van der Waals surface area contributed by atoms with Gasteiger partial charge in [0.1, 0.15) is 12.7 Å². The van der Waals surface area contributed by atoms with Crippen molar-refractivity contribution >= 4 is 22.8 Å². The van der Waals surface area contributed by atoms with E-state index in [9.17, 15) is 9.65 Å². The maximum absolute atomic E-state index is 13.0. The zero-order valence-corrected chi connectivity index (χ0v) is 14.5. The largest absolute Gasteiger partial charge is 0.383 e. The number of nitrogens with zero attached hydrogens (tertiary/aromatic N) is 5. The van der Waals surface area contributed by atoms with Crippen LogP contribution in [0.2, 0.25) is 0 Å². The third-order valence-electron chi connectivity index (χ3n) is 3.75. The number of methoxy groups -OCH3 is 1. The van der Waals surface area contributed by atoms with Crippen LogP contribution < -0.4 is 10.6 Å². The summed E-state index contributed by atoms with van der Waals surface area (Å²) >= 11 is 0. The second kappa shape index (κ2) is 8.13. The van der Waals surface area contributed by atoms with Gasteiger partial charge in [-0.2, -0.15) is 15.0 Å². The molecule has 0 aliphatic heterocycles. The lowest BCUT2D eigenvalue weighted by Gasteiger charge is -2.12. The molecule has 0 aliphatic rings. The predicted octanol–water partition coefficient (Wildman–Crippen LogP) is 2.74. The molecule has 0 bridgehead atoms. The number of halogens is 1. The van der Waals surface area contributed by atoms with Gasteiger partial charge in [0.2, 0.25) is 0 Å². The summed E-state index contributed by atoms with van der Waals surface area (Å²) in [5, 5.41) is 29.0. The van der Waals surface area contributed by atoms with Gasteiger partial charge in [-0.1, -0.05) is 0 Å². The van der Waals surface area contributed by atoms with Crippen LogP contribution in [0.1, 0.15) is 16.8 Å². The molecule has 0 fully saturated rings. The fraction of sp³-hybridized carbons (Fsp3) is 0.222. The molecule has 0 aliphatic carbocycles. The summed E-state index contributed by atoms with van der Waals surface area (Å²) in [4.78, 5) is 4.23. The third kappa shape index (κ3) is 3.94. The molecule has 2 N–H and O–H groups in total. The predicted molar refractivity (Wildman–Crippen MR) is 97.3 cm³/mol. The van der Waals surface area contributed by atoms with Crippen LogP contribution >= 0.6 is 0 Å². The Morgan fingerprint density at radius 1 is 1.22 bits per heavy atom. The number of benzene rings is 1. The van der Waals surface area contributed by atoms with Crippen molar-refractivity contribution in [1.82, 2.24) is 14.6 Å². The van der Waals surface area contributed by atoms with Gasteiger partial charge in [0, 0.05) is 25.4 Å². The zero-order chi connectivity index (χ0) is 19.2. The Morgan fingerprint density at radius 2 is 2.07 bits per heavy atom. The fourth-order valence-corrected chi connectivity index (χ4v) is 2.58. The van der Waals surface area contributed by atoms with Crippen LogP contribution in [-0.2, 0) is 11.4 Å². The topological polar surface area (TPSA) is 111 Å². The molecule has 1 aromatic carbocycles. The van der Waals surface area contributed by atoms with Crippen LogP contribution in [0.3, 0.4) is 0 Å². The van der Waals surface area contributed by atoms with Crippen molar-refractivity contribution in [1.29, 1.82) is 10.5 Å². The lowest BCUT2D eigenvalue weighted by molar-refractivity contribution is 0.211. The average Bonchev–Trinajstić information content (AvgIpc) is 3.11. The molecule has 3 aromatic rings. The monoisotopic (exact) mass is 365 g/mol. The van der Waals surface area contributed by atoms with Crippen LogP contribution in [0.15, 0.2) is 30.5 Å². The Kier molecular flexibility index (Phi) is 5.45. The molecule has 0 saturated carbocycles. The summed E-state index contributed by atoms with van der Waals surface area (Å²) in [7, 11) is 1.60. The van der Waals surface area contributed by atoms with Crippen molar-refractivity contribution < 1.29 is 9.13 Å². The van der Waals surface area contributed by atoms with Crippen molar-refractivity contribution in [2.24, 2.45) is 0 Å². The third-order valence-corrected chi connectivity index (χ3v) is 3.75. The van der Waals surface area contributed by atoms with Crippen molar-refractivity contribution in [2.75, 3.05) is 30.9 Å². The highest BCUT2D eigenvalue weighted by Crippen LogP contribution is 2.24. The molecule has 9 heteroatoms. The van der Waals surface area contributed by atoms with Gasteiger partial charge in [0.15, 0.2) is 17.2 Å². The van der Waals surface area contributed by atoms with Gasteiger partial charge in [-0.15, -0.1) is 5.10 Å². The van der Waals surface area contributed by atoms with Crippen LogP contribution in [-0.4, -0.2) is 34.9 Å². The van der Waals surface area contributed by atoms with E-state index in [2.05, 4.69) is 20.7 Å². The Morgan fingerprint density at radius 3 is 2.78 bits per heavy atom. The number of hydrogen-bond acceptors (Lipinski definition) is 7. The number of rotatable bonds is 7. The van der Waals surface area contributed by atoms with E-state index in [4.69, 9.17) is 10.00 Å². The van der Waals surface area contributed by atoms with E-state index in [1.54, 1.807) is 25.3 Å². The highest BCUT2D eigenvalue weighted by Gasteiger charge is 2.12. The van der Waals surface area contributed by atoms with Crippen LogP contribution in [0.5, 0.6) is 0 Å². The van der Waals surface area contributed by atoms with Gasteiger partial charge in [-0.05, 0) is 23.8 Å². The molecule has 0 spiro atoms. The fourth-order valence-electron chi connectivity index (χ4n) is 2.58. The minimum atomic E-state index is -0.680. The summed E-state index contributed by atoms with van der Waals surface area (Å²) in [6, 6.07) is 10.5. The molecule has 3 rings (SSSR count). The molecule has 0 radical (unpaired) electrons. The standard InChI is InChI=1S/C18H16FN7O/c1-27-3-2-22-16-7-17(25-26-15(10-21)11-23-18(16)26)24-14-5-12(8-19)4-13(6-14)9-20/h4-7,11,22H,2-3,8H2,1H3,(H,24,25). The van der Waals surface area contributed by atoms with Gasteiger partial charge < -0.3 is 15.4 Å². The van der Waals surface area contributed by atoms with Gasteiger partial charge in [-0.3, -0.25) is 0 Å². The molecule has 0 unspecified atom stereocenters. The van der Waals surface area contributed by atoms with Gasteiger partial charge in [0.25, 0.3) is 0 Å². The quantitative estimate of drug-likeness (QED) is 0.619. The Hall–Kier alpha value is -3.69. The van der Waals surface area contributed by atoms with E-state index >= 15 is 0 Å². The number of anilines is 3. The van der Waals surface area contributed by atoms with Gasteiger partial charge in [-0.25, -0.2) is 9.37 Å². The maximum Gasteiger partial charge on any atom is 0.178 e. The maximum atomic E-state index is 13.0. The molecule has 8 nitrogen and oxygen atoms in total. The number of alkyl halides is 1. The lowest BCUT2D eigenvalue weighted by Crippen LogP contribution is -2.11. The number of hydrogen-bond donors (Lipinski definition) is 2. The van der Waals surface area contributed by atoms with E-state index in [1.807, 2.05) is 12.1 Å². The van der Waals surface area contributed by atoms with Gasteiger partial charge >= 0.3 is 0 Å². The van der Waals surface area contributed by atoms with E-state index in [-0.39, 0.29) is 5.69 Å². The molecule has 0 atom stereocenters. The second-order valence-electron chi connectivity index (χ2n) is 5.64. The first-order valence-corrected chi connectivity index (χ1v) is 8.07. The van der Waals surface area contributed by atoms with E-state index in [1.165, 1.54) is 16.8 Å². The van der Waals surface area contributed by atoms with Crippen LogP contribution in [0.25, 0.3) is 5.65 Å². The molecule has 136 valence electrons. The van der Waals surface area contributed by atoms with Crippen molar-refractivity contribution in [3.8, 4) is 12.1 Å². The highest BCUT2D eigenvalue weighted by atomic mass is 19.1. The molecule has 2 heterocycles. The normalized spacial score (nSPS) is 10.4. The molecule has 0 saturated heterocycles. The zero-order valence-electron chi connectivity index (χ0n) is 14.5. The van der Waals surface area contributed by atoms with Gasteiger partial charge in [0.05, 0.1) is 30.1 Å². The average molecular weight is 365 g/mol. The molecule has 27 heavy (non-hydrogen) atoms. The first-order chi connectivity index (χ1) is 13.2. The summed E-state index contributed by atoms with van der Waals surface area (Å²) in [5.74, 6) is 0.414. The smallest absolute Gasteiger partial charge is 0.178 e. The minimum absolute atomic E-state index is 0.277. The molecular weight excluding hydrogens is 349 g/mol. The van der Waals surface area contributed by atoms with Crippen molar-refractivity contribution in [3.63, 3.8) is 0 Å². The molecular formula is C18H16FN7O. The van der Waals surface area contributed by atoms with Crippen LogP contribution in [0, 0.1) is 22.7 Å². The van der Waals surface area contributed by atoms with Crippen LogP contribution in [0.4, 0.5) is 21.6 Å². The molecule has 2 aromatic heterocycles. The first kappa shape index (κ1) is 18.1. The summed E-state index contributed by atoms with van der Waals surface area (Å²) in [6.07, 6.45) is 1.44. The Labute approximate surface area is 154 Å².